The van der Waals surface area contributed by atoms with E-state index in [0.717, 1.165) is 16.8 Å². The van der Waals surface area contributed by atoms with Gasteiger partial charge in [0, 0.05) is 16.8 Å². The average molecular weight is 299 g/mol. The molecule has 1 atom stereocenters. The molecule has 1 heterocycles. The maximum Gasteiger partial charge on any atom is 0.0741 e. The molecule has 0 aliphatic carbocycles. The minimum atomic E-state index is -0.152. The molecule has 0 spiro atoms. The second kappa shape index (κ2) is 6.10. The molecule has 0 radical (unpaired) electrons. The van der Waals surface area contributed by atoms with E-state index in [2.05, 4.69) is 10.5 Å². The van der Waals surface area contributed by atoms with Crippen LogP contribution in [0.15, 0.2) is 67.0 Å². The number of halogens is 1. The van der Waals surface area contributed by atoms with Crippen LogP contribution in [0.4, 0.5) is 0 Å². The third kappa shape index (κ3) is 2.97. The minimum absolute atomic E-state index is 0.152. The zero-order valence-corrected chi connectivity index (χ0v) is 12.0. The van der Waals surface area contributed by atoms with Gasteiger partial charge in [0.05, 0.1) is 17.9 Å². The van der Waals surface area contributed by atoms with Gasteiger partial charge in [-0.05, 0) is 29.8 Å². The summed E-state index contributed by atoms with van der Waals surface area (Å²) in [6.07, 6.45) is 3.76. The van der Waals surface area contributed by atoms with Gasteiger partial charge in [0.2, 0.25) is 0 Å². The standard InChI is InChI=1S/C16H15ClN4/c17-14-6-4-5-12(9-14)16(20-18)13-10-19-21(11-13)15-7-2-1-3-8-15/h1-11,16,20H,18H2. The fourth-order valence-electron chi connectivity index (χ4n) is 2.28. The average Bonchev–Trinajstić information content (AvgIpc) is 2.99. The van der Waals surface area contributed by atoms with Gasteiger partial charge in [0.1, 0.15) is 0 Å². The van der Waals surface area contributed by atoms with Crippen LogP contribution in [0.1, 0.15) is 17.2 Å². The number of nitrogens with zero attached hydrogens (tertiary/aromatic N) is 2. The highest BCUT2D eigenvalue weighted by atomic mass is 35.5. The molecule has 106 valence electrons. The number of hydrazine groups is 1. The lowest BCUT2D eigenvalue weighted by Crippen LogP contribution is -2.28. The molecule has 0 bridgehead atoms. The van der Waals surface area contributed by atoms with E-state index in [1.807, 2.05) is 65.5 Å². The fraction of sp³-hybridized carbons (Fsp3) is 0.0625. The third-order valence-corrected chi connectivity index (χ3v) is 3.54. The van der Waals surface area contributed by atoms with E-state index >= 15 is 0 Å². The molecule has 3 N–H and O–H groups in total. The van der Waals surface area contributed by atoms with Gasteiger partial charge in [-0.1, -0.05) is 41.9 Å². The molecule has 5 heteroatoms. The quantitative estimate of drug-likeness (QED) is 0.575. The van der Waals surface area contributed by atoms with Gasteiger partial charge in [-0.3, -0.25) is 5.84 Å². The van der Waals surface area contributed by atoms with Gasteiger partial charge in [-0.25, -0.2) is 10.1 Å². The molecule has 1 aromatic heterocycles. The lowest BCUT2D eigenvalue weighted by Gasteiger charge is -2.14. The molecular weight excluding hydrogens is 284 g/mol. The number of rotatable bonds is 4. The van der Waals surface area contributed by atoms with E-state index in [-0.39, 0.29) is 6.04 Å². The maximum atomic E-state index is 6.05. The minimum Gasteiger partial charge on any atom is -0.271 e. The molecule has 3 rings (SSSR count). The molecule has 0 aliphatic heterocycles. The second-order valence-corrected chi connectivity index (χ2v) is 5.14. The molecule has 3 aromatic rings. The Labute approximate surface area is 128 Å². The Morgan fingerprint density at radius 1 is 1.05 bits per heavy atom. The monoisotopic (exact) mass is 298 g/mol. The van der Waals surface area contributed by atoms with E-state index in [9.17, 15) is 0 Å². The van der Waals surface area contributed by atoms with E-state index in [1.165, 1.54) is 0 Å². The summed E-state index contributed by atoms with van der Waals surface area (Å²) in [5.41, 5.74) is 5.79. The maximum absolute atomic E-state index is 6.05. The van der Waals surface area contributed by atoms with Crippen molar-refractivity contribution in [1.29, 1.82) is 0 Å². The number of benzene rings is 2. The zero-order chi connectivity index (χ0) is 14.7. The van der Waals surface area contributed by atoms with Crippen molar-refractivity contribution in [1.82, 2.24) is 15.2 Å². The number of hydrogen-bond acceptors (Lipinski definition) is 3. The topological polar surface area (TPSA) is 55.9 Å². The zero-order valence-electron chi connectivity index (χ0n) is 11.3. The highest BCUT2D eigenvalue weighted by molar-refractivity contribution is 6.30. The summed E-state index contributed by atoms with van der Waals surface area (Å²) >= 11 is 6.05. The third-order valence-electron chi connectivity index (χ3n) is 3.31. The second-order valence-electron chi connectivity index (χ2n) is 4.71. The van der Waals surface area contributed by atoms with Gasteiger partial charge in [0.15, 0.2) is 0 Å². The Balaban J connectivity index is 1.94. The van der Waals surface area contributed by atoms with Crippen LogP contribution in [0, 0.1) is 0 Å². The van der Waals surface area contributed by atoms with Crippen LogP contribution in [-0.4, -0.2) is 9.78 Å². The van der Waals surface area contributed by atoms with Gasteiger partial charge < -0.3 is 0 Å². The van der Waals surface area contributed by atoms with Crippen molar-refractivity contribution in [3.05, 3.63) is 83.1 Å². The Hall–Kier alpha value is -2.14. The molecule has 2 aromatic carbocycles. The van der Waals surface area contributed by atoms with Crippen LogP contribution in [0.25, 0.3) is 5.69 Å². The van der Waals surface area contributed by atoms with Crippen LogP contribution in [0.5, 0.6) is 0 Å². The summed E-state index contributed by atoms with van der Waals surface area (Å²) in [4.78, 5) is 0. The molecule has 4 nitrogen and oxygen atoms in total. The van der Waals surface area contributed by atoms with Crippen molar-refractivity contribution in [3.8, 4) is 5.69 Å². The molecule has 21 heavy (non-hydrogen) atoms. The summed E-state index contributed by atoms with van der Waals surface area (Å²) in [7, 11) is 0. The molecule has 0 saturated carbocycles. The highest BCUT2D eigenvalue weighted by Crippen LogP contribution is 2.24. The number of nitrogens with two attached hydrogens (primary N) is 1. The Morgan fingerprint density at radius 3 is 2.57 bits per heavy atom. The molecular formula is C16H15ClN4. The first-order valence-corrected chi connectivity index (χ1v) is 6.97. The van der Waals surface area contributed by atoms with Crippen LogP contribution in [-0.2, 0) is 0 Å². The van der Waals surface area contributed by atoms with Crippen molar-refractivity contribution < 1.29 is 0 Å². The van der Waals surface area contributed by atoms with Gasteiger partial charge in [0.25, 0.3) is 0 Å². The first-order valence-electron chi connectivity index (χ1n) is 6.59. The normalized spacial score (nSPS) is 12.3. The number of hydrogen-bond donors (Lipinski definition) is 2. The number of para-hydroxylation sites is 1. The van der Waals surface area contributed by atoms with Crippen LogP contribution in [0.2, 0.25) is 5.02 Å². The van der Waals surface area contributed by atoms with Crippen LogP contribution >= 0.6 is 11.6 Å². The number of nitrogens with one attached hydrogen (secondary N) is 1. The van der Waals surface area contributed by atoms with Crippen molar-refractivity contribution in [3.63, 3.8) is 0 Å². The lowest BCUT2D eigenvalue weighted by molar-refractivity contribution is 0.637. The predicted molar refractivity (Wildman–Crippen MR) is 84.2 cm³/mol. The van der Waals surface area contributed by atoms with Gasteiger partial charge >= 0.3 is 0 Å². The van der Waals surface area contributed by atoms with Crippen molar-refractivity contribution in [2.24, 2.45) is 5.84 Å². The van der Waals surface area contributed by atoms with Gasteiger partial charge in [-0.2, -0.15) is 5.10 Å². The summed E-state index contributed by atoms with van der Waals surface area (Å²) in [6, 6.07) is 17.4. The summed E-state index contributed by atoms with van der Waals surface area (Å²) in [5.74, 6) is 5.70. The summed E-state index contributed by atoms with van der Waals surface area (Å²) < 4.78 is 1.82. The highest BCUT2D eigenvalue weighted by Gasteiger charge is 2.15. The SMILES string of the molecule is NNC(c1cccc(Cl)c1)c1cnn(-c2ccccc2)c1. The largest absolute Gasteiger partial charge is 0.271 e. The smallest absolute Gasteiger partial charge is 0.0741 e. The summed E-state index contributed by atoms with van der Waals surface area (Å²) in [5, 5.41) is 5.07. The molecule has 0 amide bonds. The molecule has 0 fully saturated rings. The van der Waals surface area contributed by atoms with E-state index in [1.54, 1.807) is 6.20 Å². The first-order chi connectivity index (χ1) is 10.3. The number of aromatic nitrogens is 2. The van der Waals surface area contributed by atoms with Crippen molar-refractivity contribution in [2.75, 3.05) is 0 Å². The molecule has 1 unspecified atom stereocenters. The van der Waals surface area contributed by atoms with Crippen molar-refractivity contribution >= 4 is 11.6 Å². The van der Waals surface area contributed by atoms with Crippen LogP contribution < -0.4 is 11.3 Å². The fourth-order valence-corrected chi connectivity index (χ4v) is 2.48. The van der Waals surface area contributed by atoms with E-state index < -0.39 is 0 Å². The van der Waals surface area contributed by atoms with Crippen LogP contribution in [0.3, 0.4) is 0 Å². The molecule has 0 aliphatic rings. The van der Waals surface area contributed by atoms with Crippen molar-refractivity contribution in [2.45, 2.75) is 6.04 Å². The Morgan fingerprint density at radius 2 is 1.86 bits per heavy atom. The molecule has 0 saturated heterocycles. The van der Waals surface area contributed by atoms with Gasteiger partial charge in [-0.15, -0.1) is 0 Å². The summed E-state index contributed by atoms with van der Waals surface area (Å²) in [6.45, 7) is 0. The lowest BCUT2D eigenvalue weighted by atomic mass is 10.0. The van der Waals surface area contributed by atoms with E-state index in [4.69, 9.17) is 17.4 Å². The predicted octanol–water partition coefficient (Wildman–Crippen LogP) is 3.08. The Bertz CT molecular complexity index is 724. The van der Waals surface area contributed by atoms with E-state index in [0.29, 0.717) is 5.02 Å². The first kappa shape index (κ1) is 13.8. The Kier molecular flexibility index (Phi) is 4.01.